The van der Waals surface area contributed by atoms with Crippen LogP contribution in [0.3, 0.4) is 0 Å². The van der Waals surface area contributed by atoms with Gasteiger partial charge in [0, 0.05) is 18.3 Å². The second-order valence-electron chi connectivity index (χ2n) is 1.68. The van der Waals surface area contributed by atoms with Crippen LogP contribution in [0.4, 0.5) is 0 Å². The van der Waals surface area contributed by atoms with Crippen molar-refractivity contribution in [3.05, 3.63) is 36.0 Å². The minimum atomic E-state index is 0.738. The zero-order valence-electron chi connectivity index (χ0n) is 4.92. The molecule has 0 fully saturated rings. The number of nitrogens with zero attached hydrogens (tertiary/aromatic N) is 1. The van der Waals surface area contributed by atoms with Gasteiger partial charge >= 0.3 is 0 Å². The Balaban J connectivity index is 2.61. The van der Waals surface area contributed by atoms with Crippen LogP contribution >= 0.6 is 11.6 Å². The Morgan fingerprint density at radius 3 is 3.00 bits per heavy atom. The number of hydrogen-bond donors (Lipinski definition) is 0. The highest BCUT2D eigenvalue weighted by Crippen LogP contribution is 1.98. The summed E-state index contributed by atoms with van der Waals surface area (Å²) >= 11 is 5.37. The molecule has 2 heteroatoms. The number of rotatable bonds is 2. The first-order valence-corrected chi connectivity index (χ1v) is 3.19. The van der Waals surface area contributed by atoms with Gasteiger partial charge in [-0.05, 0) is 12.1 Å². The van der Waals surface area contributed by atoms with Crippen molar-refractivity contribution in [3.63, 3.8) is 0 Å². The minimum Gasteiger partial charge on any atom is -0.261 e. The number of hydrogen-bond acceptors (Lipinski definition) is 1. The summed E-state index contributed by atoms with van der Waals surface area (Å²) < 4.78 is 0. The lowest BCUT2D eigenvalue weighted by Gasteiger charge is -1.91. The van der Waals surface area contributed by atoms with Crippen LogP contribution in [0.15, 0.2) is 24.4 Å². The molecule has 0 aliphatic rings. The van der Waals surface area contributed by atoms with Crippen LogP contribution < -0.4 is 0 Å². The summed E-state index contributed by atoms with van der Waals surface area (Å²) in [5.74, 6) is 1.57. The maximum absolute atomic E-state index is 5.37. The molecule has 0 N–H and O–H groups in total. The van der Waals surface area contributed by atoms with E-state index < -0.39 is 0 Å². The Morgan fingerprint density at radius 2 is 2.44 bits per heavy atom. The Kier molecular flexibility index (Phi) is 2.52. The van der Waals surface area contributed by atoms with Crippen LogP contribution in [0.25, 0.3) is 0 Å². The predicted molar refractivity (Wildman–Crippen MR) is 38.1 cm³/mol. The molecule has 9 heavy (non-hydrogen) atoms. The Bertz CT molecular complexity index is 162. The summed E-state index contributed by atoms with van der Waals surface area (Å²) in [6, 6.07) is 5.78. The molecule has 0 bridgehead atoms. The summed E-state index contributed by atoms with van der Waals surface area (Å²) in [7, 11) is 0. The molecule has 0 saturated carbocycles. The number of halogens is 1. The van der Waals surface area contributed by atoms with E-state index in [2.05, 4.69) is 4.98 Å². The maximum Gasteiger partial charge on any atom is 0.0558 e. The second-order valence-corrected chi connectivity index (χ2v) is 1.99. The largest absolute Gasteiger partial charge is 0.261 e. The van der Waals surface area contributed by atoms with Gasteiger partial charge in [-0.3, -0.25) is 4.98 Å². The first-order chi connectivity index (χ1) is 4.43. The third-order valence-corrected chi connectivity index (χ3v) is 1.17. The molecular formula is C7H7ClN. The van der Waals surface area contributed by atoms with Gasteiger partial charge in [-0.2, -0.15) is 0 Å². The zero-order valence-corrected chi connectivity index (χ0v) is 5.67. The highest BCUT2D eigenvalue weighted by atomic mass is 35.5. The smallest absolute Gasteiger partial charge is 0.0558 e. The van der Waals surface area contributed by atoms with Gasteiger partial charge in [0.1, 0.15) is 0 Å². The van der Waals surface area contributed by atoms with E-state index in [4.69, 9.17) is 11.6 Å². The molecule has 0 atom stereocenters. The maximum atomic E-state index is 5.37. The molecule has 47 valence electrons. The van der Waals surface area contributed by atoms with Crippen LogP contribution in [-0.2, 0) is 6.42 Å². The van der Waals surface area contributed by atoms with Crippen LogP contribution in [0.2, 0.25) is 0 Å². The van der Waals surface area contributed by atoms with E-state index >= 15 is 0 Å². The fraction of sp³-hybridized carbons (Fsp3) is 0.143. The highest BCUT2D eigenvalue weighted by molar-refractivity contribution is 6.23. The van der Waals surface area contributed by atoms with E-state index in [0.29, 0.717) is 0 Å². The number of pyridine rings is 1. The standard InChI is InChI=1S/C7H7ClN/c8-5-4-7-3-1-2-6-9-7/h1-3,5-6H,4H2. The summed E-state index contributed by atoms with van der Waals surface area (Å²) in [6.45, 7) is 0. The fourth-order valence-corrected chi connectivity index (χ4v) is 0.756. The second kappa shape index (κ2) is 3.46. The molecule has 1 rings (SSSR count). The molecular weight excluding hydrogens is 134 g/mol. The van der Waals surface area contributed by atoms with Crippen LogP contribution in [-0.4, -0.2) is 4.98 Å². The molecule has 1 aromatic rings. The van der Waals surface area contributed by atoms with E-state index in [-0.39, 0.29) is 0 Å². The third kappa shape index (κ3) is 2.02. The van der Waals surface area contributed by atoms with Crippen molar-refractivity contribution in [1.29, 1.82) is 0 Å². The average molecular weight is 141 g/mol. The normalized spacial score (nSPS) is 9.44. The minimum absolute atomic E-state index is 0.738. The molecule has 0 unspecified atom stereocenters. The molecule has 1 aromatic heterocycles. The van der Waals surface area contributed by atoms with Gasteiger partial charge < -0.3 is 0 Å². The first kappa shape index (κ1) is 6.56. The molecule has 0 aromatic carbocycles. The monoisotopic (exact) mass is 140 g/mol. The van der Waals surface area contributed by atoms with Crippen molar-refractivity contribution in [1.82, 2.24) is 4.98 Å². The lowest BCUT2D eigenvalue weighted by molar-refractivity contribution is 1.09. The van der Waals surface area contributed by atoms with E-state index in [1.807, 2.05) is 18.2 Å². The van der Waals surface area contributed by atoms with Crippen LogP contribution in [0.5, 0.6) is 0 Å². The molecule has 0 aliphatic heterocycles. The Morgan fingerprint density at radius 1 is 1.56 bits per heavy atom. The predicted octanol–water partition coefficient (Wildman–Crippen LogP) is 2.02. The van der Waals surface area contributed by atoms with Gasteiger partial charge in [-0.1, -0.05) is 6.07 Å². The summed E-state index contributed by atoms with van der Waals surface area (Å²) in [4.78, 5) is 4.05. The average Bonchev–Trinajstić information content (AvgIpc) is 1.91. The Labute approximate surface area is 59.7 Å². The van der Waals surface area contributed by atoms with Gasteiger partial charge in [0.2, 0.25) is 0 Å². The molecule has 1 heterocycles. The van der Waals surface area contributed by atoms with E-state index in [1.165, 1.54) is 0 Å². The van der Waals surface area contributed by atoms with Gasteiger partial charge in [-0.15, -0.1) is 11.6 Å². The Hall–Kier alpha value is -0.560. The topological polar surface area (TPSA) is 12.9 Å². The molecule has 0 amide bonds. The summed E-state index contributed by atoms with van der Waals surface area (Å²) in [5, 5.41) is 0. The number of aromatic nitrogens is 1. The van der Waals surface area contributed by atoms with Crippen LogP contribution in [0.1, 0.15) is 5.69 Å². The lowest BCUT2D eigenvalue weighted by atomic mass is 10.3. The summed E-state index contributed by atoms with van der Waals surface area (Å²) in [5.41, 5.74) is 1.01. The molecule has 0 saturated heterocycles. The lowest BCUT2D eigenvalue weighted by Crippen LogP contribution is -1.84. The first-order valence-electron chi connectivity index (χ1n) is 2.75. The van der Waals surface area contributed by atoms with E-state index in [0.717, 1.165) is 12.1 Å². The van der Waals surface area contributed by atoms with Crippen molar-refractivity contribution in [3.8, 4) is 0 Å². The zero-order chi connectivity index (χ0) is 6.53. The molecule has 0 aliphatic carbocycles. The van der Waals surface area contributed by atoms with Crippen LogP contribution in [0, 0.1) is 5.88 Å². The molecule has 1 radical (unpaired) electrons. The van der Waals surface area contributed by atoms with Crippen molar-refractivity contribution in [2.45, 2.75) is 6.42 Å². The van der Waals surface area contributed by atoms with Gasteiger partial charge in [0.15, 0.2) is 0 Å². The fourth-order valence-electron chi connectivity index (χ4n) is 0.598. The van der Waals surface area contributed by atoms with E-state index in [9.17, 15) is 0 Å². The van der Waals surface area contributed by atoms with Gasteiger partial charge in [0.05, 0.1) is 5.88 Å². The van der Waals surface area contributed by atoms with Crippen molar-refractivity contribution < 1.29 is 0 Å². The van der Waals surface area contributed by atoms with Crippen molar-refractivity contribution in [2.24, 2.45) is 0 Å². The SMILES string of the molecule is Cl[CH]Cc1ccccn1. The molecule has 1 nitrogen and oxygen atoms in total. The van der Waals surface area contributed by atoms with Gasteiger partial charge in [-0.25, -0.2) is 0 Å². The van der Waals surface area contributed by atoms with Gasteiger partial charge in [0.25, 0.3) is 0 Å². The quantitative estimate of drug-likeness (QED) is 0.613. The van der Waals surface area contributed by atoms with Crippen molar-refractivity contribution in [2.75, 3.05) is 0 Å². The third-order valence-electron chi connectivity index (χ3n) is 1.01. The van der Waals surface area contributed by atoms with E-state index in [1.54, 1.807) is 12.1 Å². The summed E-state index contributed by atoms with van der Waals surface area (Å²) in [6.07, 6.45) is 2.50. The highest BCUT2D eigenvalue weighted by Gasteiger charge is 1.87. The molecule has 0 spiro atoms. The van der Waals surface area contributed by atoms with Crippen molar-refractivity contribution >= 4 is 11.6 Å².